The van der Waals surface area contributed by atoms with Gasteiger partial charge in [-0.2, -0.15) is 0 Å². The highest BCUT2D eigenvalue weighted by Gasteiger charge is 2.28. The van der Waals surface area contributed by atoms with E-state index in [1.54, 1.807) is 11.3 Å². The third-order valence-electron chi connectivity index (χ3n) is 3.05. The highest BCUT2D eigenvalue weighted by atomic mass is 32.1. The normalized spacial score (nSPS) is 25.2. The van der Waals surface area contributed by atoms with E-state index in [0.717, 1.165) is 38.1 Å². The Bertz CT molecular complexity index is 307. The molecule has 2 rings (SSSR count). The van der Waals surface area contributed by atoms with E-state index in [9.17, 15) is 0 Å². The smallest absolute Gasteiger partial charge is 0.0797 e. The van der Waals surface area contributed by atoms with Crippen LogP contribution in [0.1, 0.15) is 23.4 Å². The van der Waals surface area contributed by atoms with Crippen molar-refractivity contribution in [3.05, 3.63) is 16.1 Å². The van der Waals surface area contributed by atoms with Crippen molar-refractivity contribution >= 4 is 11.3 Å². The molecule has 1 aliphatic carbocycles. The van der Waals surface area contributed by atoms with Crippen LogP contribution < -0.4 is 5.73 Å². The van der Waals surface area contributed by atoms with Crippen LogP contribution in [-0.2, 0) is 11.2 Å². The Balaban J connectivity index is 1.62. The van der Waals surface area contributed by atoms with Gasteiger partial charge in [-0.05, 0) is 32.2 Å². The molecular weight excluding hydrogens is 208 g/mol. The van der Waals surface area contributed by atoms with Gasteiger partial charge >= 0.3 is 0 Å². The van der Waals surface area contributed by atoms with Crippen molar-refractivity contribution in [2.75, 3.05) is 13.2 Å². The molecule has 15 heavy (non-hydrogen) atoms. The second kappa shape index (κ2) is 5.05. The lowest BCUT2D eigenvalue weighted by Gasteiger charge is -2.34. The third-order valence-corrected chi connectivity index (χ3v) is 4.05. The summed E-state index contributed by atoms with van der Waals surface area (Å²) in [6.07, 6.45) is 3.77. The molecule has 0 saturated heterocycles. The van der Waals surface area contributed by atoms with E-state index in [1.807, 2.05) is 5.51 Å². The van der Waals surface area contributed by atoms with Gasteiger partial charge in [0.2, 0.25) is 0 Å². The van der Waals surface area contributed by atoms with E-state index in [1.165, 1.54) is 4.88 Å². The molecule has 4 heteroatoms. The van der Waals surface area contributed by atoms with Crippen molar-refractivity contribution in [3.63, 3.8) is 0 Å². The predicted octanol–water partition coefficient (Wildman–Crippen LogP) is 1.75. The minimum Gasteiger partial charge on any atom is -0.378 e. The summed E-state index contributed by atoms with van der Waals surface area (Å²) in [5.74, 6) is 0.708. The molecule has 0 unspecified atom stereocenters. The average molecular weight is 226 g/mol. The standard InChI is InChI=1S/C11H18N2OS/c1-8-11(15-7-13-8)2-3-14-10-4-9(5-10)6-12/h7,9-10H,2-6,12H2,1H3. The summed E-state index contributed by atoms with van der Waals surface area (Å²) in [6, 6.07) is 0. The van der Waals surface area contributed by atoms with Gasteiger partial charge in [0, 0.05) is 11.3 Å². The molecule has 1 aliphatic rings. The number of nitrogens with zero attached hydrogens (tertiary/aromatic N) is 1. The molecule has 1 aromatic heterocycles. The molecule has 1 saturated carbocycles. The summed E-state index contributed by atoms with van der Waals surface area (Å²) in [6.45, 7) is 3.69. The highest BCUT2D eigenvalue weighted by molar-refractivity contribution is 7.09. The number of thiazole rings is 1. The first kappa shape index (κ1) is 11.0. The Hall–Kier alpha value is -0.450. The molecule has 0 atom stereocenters. The van der Waals surface area contributed by atoms with Crippen molar-refractivity contribution in [2.45, 2.75) is 32.3 Å². The Labute approximate surface area is 94.7 Å². The Morgan fingerprint density at radius 3 is 3.00 bits per heavy atom. The summed E-state index contributed by atoms with van der Waals surface area (Å²) >= 11 is 1.72. The van der Waals surface area contributed by atoms with Crippen LogP contribution in [0.3, 0.4) is 0 Å². The maximum Gasteiger partial charge on any atom is 0.0797 e. The topological polar surface area (TPSA) is 48.1 Å². The van der Waals surface area contributed by atoms with Crippen molar-refractivity contribution < 1.29 is 4.74 Å². The first-order chi connectivity index (χ1) is 7.29. The number of nitrogens with two attached hydrogens (primary N) is 1. The number of hydrogen-bond donors (Lipinski definition) is 1. The van der Waals surface area contributed by atoms with Crippen molar-refractivity contribution in [1.29, 1.82) is 0 Å². The van der Waals surface area contributed by atoms with E-state index in [4.69, 9.17) is 10.5 Å². The summed E-state index contributed by atoms with van der Waals surface area (Å²) in [5.41, 5.74) is 8.61. The molecule has 2 N–H and O–H groups in total. The Morgan fingerprint density at radius 1 is 1.60 bits per heavy atom. The van der Waals surface area contributed by atoms with Crippen LogP contribution in [0.2, 0.25) is 0 Å². The molecule has 1 aromatic rings. The summed E-state index contributed by atoms with van der Waals surface area (Å²) in [5, 5.41) is 0. The number of rotatable bonds is 5. The molecule has 84 valence electrons. The van der Waals surface area contributed by atoms with Gasteiger partial charge in [0.05, 0.1) is 23.9 Å². The van der Waals surface area contributed by atoms with Crippen molar-refractivity contribution in [2.24, 2.45) is 11.7 Å². The minimum absolute atomic E-state index is 0.465. The van der Waals surface area contributed by atoms with Crippen LogP contribution in [0.25, 0.3) is 0 Å². The molecule has 0 spiro atoms. The zero-order valence-electron chi connectivity index (χ0n) is 9.11. The van der Waals surface area contributed by atoms with Crippen LogP contribution in [0.4, 0.5) is 0 Å². The lowest BCUT2D eigenvalue weighted by atomic mass is 9.82. The van der Waals surface area contributed by atoms with Gasteiger partial charge in [0.15, 0.2) is 0 Å². The number of hydrogen-bond acceptors (Lipinski definition) is 4. The van der Waals surface area contributed by atoms with Crippen LogP contribution in [0, 0.1) is 12.8 Å². The van der Waals surface area contributed by atoms with E-state index in [2.05, 4.69) is 11.9 Å². The van der Waals surface area contributed by atoms with E-state index in [-0.39, 0.29) is 0 Å². The molecule has 1 fully saturated rings. The molecule has 0 amide bonds. The van der Waals surface area contributed by atoms with Gasteiger partial charge in [-0.25, -0.2) is 4.98 Å². The summed E-state index contributed by atoms with van der Waals surface area (Å²) < 4.78 is 5.76. The zero-order valence-corrected chi connectivity index (χ0v) is 9.93. The third kappa shape index (κ3) is 2.77. The van der Waals surface area contributed by atoms with Gasteiger partial charge in [-0.3, -0.25) is 0 Å². The Kier molecular flexibility index (Phi) is 3.72. The van der Waals surface area contributed by atoms with E-state index < -0.39 is 0 Å². The molecule has 1 heterocycles. The quantitative estimate of drug-likeness (QED) is 0.832. The second-order valence-electron chi connectivity index (χ2n) is 4.18. The maximum atomic E-state index is 5.76. The number of aromatic nitrogens is 1. The molecule has 3 nitrogen and oxygen atoms in total. The van der Waals surface area contributed by atoms with Crippen LogP contribution in [-0.4, -0.2) is 24.2 Å². The number of aryl methyl sites for hydroxylation is 1. The SMILES string of the molecule is Cc1ncsc1CCOC1CC(CN)C1. The number of ether oxygens (including phenoxy) is 1. The van der Waals surface area contributed by atoms with Gasteiger partial charge in [-0.1, -0.05) is 0 Å². The van der Waals surface area contributed by atoms with Crippen LogP contribution >= 0.6 is 11.3 Å². The molecule has 0 aliphatic heterocycles. The van der Waals surface area contributed by atoms with Crippen molar-refractivity contribution in [1.82, 2.24) is 4.98 Å². The molecule has 0 aromatic carbocycles. The highest BCUT2D eigenvalue weighted by Crippen LogP contribution is 2.29. The maximum absolute atomic E-state index is 5.76. The average Bonchev–Trinajstić information content (AvgIpc) is 2.56. The lowest BCUT2D eigenvalue weighted by molar-refractivity contribution is -0.0262. The fourth-order valence-corrected chi connectivity index (χ4v) is 2.65. The fourth-order valence-electron chi connectivity index (χ4n) is 1.89. The first-order valence-electron chi connectivity index (χ1n) is 5.50. The minimum atomic E-state index is 0.465. The van der Waals surface area contributed by atoms with E-state index >= 15 is 0 Å². The van der Waals surface area contributed by atoms with Gasteiger partial charge in [-0.15, -0.1) is 11.3 Å². The van der Waals surface area contributed by atoms with Crippen molar-refractivity contribution in [3.8, 4) is 0 Å². The first-order valence-corrected chi connectivity index (χ1v) is 6.38. The lowest BCUT2D eigenvalue weighted by Crippen LogP contribution is -2.36. The molecule has 0 bridgehead atoms. The molecule has 0 radical (unpaired) electrons. The predicted molar refractivity (Wildman–Crippen MR) is 62.1 cm³/mol. The monoisotopic (exact) mass is 226 g/mol. The van der Waals surface area contributed by atoms with Gasteiger partial charge in [0.25, 0.3) is 0 Å². The van der Waals surface area contributed by atoms with Crippen LogP contribution in [0.15, 0.2) is 5.51 Å². The van der Waals surface area contributed by atoms with E-state index in [0.29, 0.717) is 12.0 Å². The van der Waals surface area contributed by atoms with Gasteiger partial charge < -0.3 is 10.5 Å². The van der Waals surface area contributed by atoms with Gasteiger partial charge in [0.1, 0.15) is 0 Å². The zero-order chi connectivity index (χ0) is 10.7. The Morgan fingerprint density at radius 2 is 2.40 bits per heavy atom. The van der Waals surface area contributed by atoms with Crippen LogP contribution in [0.5, 0.6) is 0 Å². The second-order valence-corrected chi connectivity index (χ2v) is 5.12. The molecular formula is C11H18N2OS. The largest absolute Gasteiger partial charge is 0.378 e. The fraction of sp³-hybridized carbons (Fsp3) is 0.727. The summed E-state index contributed by atoms with van der Waals surface area (Å²) in [4.78, 5) is 5.57. The summed E-state index contributed by atoms with van der Waals surface area (Å²) in [7, 11) is 0.